The molecule has 1 unspecified atom stereocenters. The lowest BCUT2D eigenvalue weighted by atomic mass is 9.95. The summed E-state index contributed by atoms with van der Waals surface area (Å²) >= 11 is 0. The molecule has 1 atom stereocenters. The molecule has 0 amide bonds. The molecule has 1 aromatic carbocycles. The molecule has 1 aliphatic heterocycles. The molecule has 0 radical (unpaired) electrons. The second-order valence-corrected chi connectivity index (χ2v) is 3.76. The number of benzene rings is 1. The van der Waals surface area contributed by atoms with Gasteiger partial charge in [-0.1, -0.05) is 12.1 Å². The number of anilines is 1. The zero-order chi connectivity index (χ0) is 10.3. The quantitative estimate of drug-likeness (QED) is 0.712. The number of rotatable bonds is 1. The summed E-state index contributed by atoms with van der Waals surface area (Å²) in [6, 6.07) is 4.00. The second kappa shape index (κ2) is 3.01. The topological polar surface area (TPSA) is 49.3 Å². The predicted octanol–water partition coefficient (Wildman–Crippen LogP) is 1.90. The van der Waals surface area contributed by atoms with Crippen LogP contribution < -0.4 is 5.32 Å². The maximum atomic E-state index is 11.0. The van der Waals surface area contributed by atoms with E-state index in [1.54, 1.807) is 0 Å². The summed E-state index contributed by atoms with van der Waals surface area (Å²) in [6.45, 7) is 4.47. The van der Waals surface area contributed by atoms with Crippen molar-refractivity contribution in [3.63, 3.8) is 0 Å². The Labute approximate surface area is 82.8 Å². The van der Waals surface area contributed by atoms with Crippen LogP contribution in [0.25, 0.3) is 0 Å². The Kier molecular flexibility index (Phi) is 1.95. The van der Waals surface area contributed by atoms with Crippen molar-refractivity contribution < 1.29 is 9.90 Å². The van der Waals surface area contributed by atoms with Gasteiger partial charge in [-0.2, -0.15) is 0 Å². The van der Waals surface area contributed by atoms with E-state index in [9.17, 15) is 4.79 Å². The Bertz CT molecular complexity index is 399. The van der Waals surface area contributed by atoms with Crippen molar-refractivity contribution in [1.29, 1.82) is 0 Å². The van der Waals surface area contributed by atoms with Crippen LogP contribution in [0.3, 0.4) is 0 Å². The molecule has 1 aliphatic rings. The average molecular weight is 191 g/mol. The lowest BCUT2D eigenvalue weighted by molar-refractivity contribution is -0.138. The minimum Gasteiger partial charge on any atom is -0.481 e. The van der Waals surface area contributed by atoms with Crippen LogP contribution in [0.5, 0.6) is 0 Å². The monoisotopic (exact) mass is 191 g/mol. The minimum absolute atomic E-state index is 0.384. The van der Waals surface area contributed by atoms with Crippen molar-refractivity contribution in [3.8, 4) is 0 Å². The minimum atomic E-state index is -0.745. The lowest BCUT2D eigenvalue weighted by Crippen LogP contribution is -2.13. The number of hydrogen-bond donors (Lipinski definition) is 2. The van der Waals surface area contributed by atoms with E-state index < -0.39 is 5.97 Å². The SMILES string of the molecule is Cc1ccc(C)c2c1NCC2C(=O)O. The summed E-state index contributed by atoms with van der Waals surface area (Å²) in [7, 11) is 0. The van der Waals surface area contributed by atoms with Crippen LogP contribution in [0.4, 0.5) is 5.69 Å². The molecular formula is C11H13NO2. The third-order valence-corrected chi connectivity index (χ3v) is 2.80. The summed E-state index contributed by atoms with van der Waals surface area (Å²) in [5.74, 6) is -1.13. The number of fused-ring (bicyclic) bond motifs is 1. The fourth-order valence-corrected chi connectivity index (χ4v) is 2.03. The third-order valence-electron chi connectivity index (χ3n) is 2.80. The van der Waals surface area contributed by atoms with Gasteiger partial charge in [-0.25, -0.2) is 0 Å². The van der Waals surface area contributed by atoms with E-state index in [4.69, 9.17) is 5.11 Å². The summed E-state index contributed by atoms with van der Waals surface area (Å²) in [5, 5.41) is 12.2. The van der Waals surface area contributed by atoms with Crippen LogP contribution in [-0.2, 0) is 4.79 Å². The fourth-order valence-electron chi connectivity index (χ4n) is 2.03. The van der Waals surface area contributed by atoms with E-state index in [2.05, 4.69) is 5.32 Å². The van der Waals surface area contributed by atoms with Crippen molar-refractivity contribution >= 4 is 11.7 Å². The molecule has 0 aliphatic carbocycles. The molecule has 2 N–H and O–H groups in total. The van der Waals surface area contributed by atoms with Crippen molar-refractivity contribution in [2.75, 3.05) is 11.9 Å². The number of hydrogen-bond acceptors (Lipinski definition) is 2. The average Bonchev–Trinajstić information content (AvgIpc) is 2.56. The molecule has 0 aromatic heterocycles. The number of aliphatic carboxylic acids is 1. The van der Waals surface area contributed by atoms with Gasteiger partial charge in [0.2, 0.25) is 0 Å². The van der Waals surface area contributed by atoms with E-state index in [0.29, 0.717) is 6.54 Å². The lowest BCUT2D eigenvalue weighted by Gasteiger charge is -2.09. The van der Waals surface area contributed by atoms with E-state index in [1.165, 1.54) is 0 Å². The molecule has 0 bridgehead atoms. The van der Waals surface area contributed by atoms with E-state index in [-0.39, 0.29) is 5.92 Å². The van der Waals surface area contributed by atoms with Gasteiger partial charge in [-0.3, -0.25) is 4.79 Å². The first-order valence-electron chi connectivity index (χ1n) is 4.68. The van der Waals surface area contributed by atoms with Gasteiger partial charge in [0, 0.05) is 12.2 Å². The van der Waals surface area contributed by atoms with Crippen molar-refractivity contribution in [1.82, 2.24) is 0 Å². The van der Waals surface area contributed by atoms with Gasteiger partial charge < -0.3 is 10.4 Å². The smallest absolute Gasteiger partial charge is 0.312 e. The zero-order valence-corrected chi connectivity index (χ0v) is 8.29. The van der Waals surface area contributed by atoms with Gasteiger partial charge >= 0.3 is 5.97 Å². The Hall–Kier alpha value is -1.51. The largest absolute Gasteiger partial charge is 0.481 e. The van der Waals surface area contributed by atoms with Gasteiger partial charge in [0.25, 0.3) is 0 Å². The highest BCUT2D eigenvalue weighted by Gasteiger charge is 2.30. The van der Waals surface area contributed by atoms with Crippen LogP contribution in [-0.4, -0.2) is 17.6 Å². The predicted molar refractivity (Wildman–Crippen MR) is 54.8 cm³/mol. The summed E-state index contributed by atoms with van der Waals surface area (Å²) in [6.07, 6.45) is 0. The number of aryl methyl sites for hydroxylation is 2. The number of carbonyl (C=O) groups is 1. The van der Waals surface area contributed by atoms with E-state index in [0.717, 1.165) is 22.4 Å². The first-order valence-corrected chi connectivity index (χ1v) is 4.68. The third kappa shape index (κ3) is 1.16. The zero-order valence-electron chi connectivity index (χ0n) is 8.29. The molecule has 14 heavy (non-hydrogen) atoms. The van der Waals surface area contributed by atoms with Crippen LogP contribution in [0.2, 0.25) is 0 Å². The summed E-state index contributed by atoms with van der Waals surface area (Å²) in [4.78, 5) is 11.0. The molecule has 1 aromatic rings. The van der Waals surface area contributed by atoms with Crippen molar-refractivity contribution in [2.45, 2.75) is 19.8 Å². The molecular weight excluding hydrogens is 178 g/mol. The number of nitrogens with one attached hydrogen (secondary N) is 1. The standard InChI is InChI=1S/C11H13NO2/c1-6-3-4-7(2)10-9(6)8(5-12-10)11(13)14/h3-4,8,12H,5H2,1-2H3,(H,13,14). The van der Waals surface area contributed by atoms with Crippen LogP contribution >= 0.6 is 0 Å². The van der Waals surface area contributed by atoms with E-state index in [1.807, 2.05) is 26.0 Å². The molecule has 0 saturated carbocycles. The van der Waals surface area contributed by atoms with Crippen molar-refractivity contribution in [2.24, 2.45) is 0 Å². The molecule has 0 spiro atoms. The van der Waals surface area contributed by atoms with Gasteiger partial charge in [0.15, 0.2) is 0 Å². The molecule has 3 nitrogen and oxygen atoms in total. The van der Waals surface area contributed by atoms with Gasteiger partial charge in [0.1, 0.15) is 5.92 Å². The maximum Gasteiger partial charge on any atom is 0.312 e. The van der Waals surface area contributed by atoms with Gasteiger partial charge in [0.05, 0.1) is 0 Å². The maximum absolute atomic E-state index is 11.0. The Balaban J connectivity index is 2.58. The van der Waals surface area contributed by atoms with Gasteiger partial charge in [-0.15, -0.1) is 0 Å². The summed E-state index contributed by atoms with van der Waals surface area (Å²) < 4.78 is 0. The molecule has 74 valence electrons. The number of carboxylic acids is 1. The highest BCUT2D eigenvalue weighted by molar-refractivity contribution is 5.84. The van der Waals surface area contributed by atoms with Crippen LogP contribution in [0.1, 0.15) is 22.6 Å². The molecule has 3 heteroatoms. The molecule has 2 rings (SSSR count). The Morgan fingerprint density at radius 2 is 2.07 bits per heavy atom. The fraction of sp³-hybridized carbons (Fsp3) is 0.364. The summed E-state index contributed by atoms with van der Waals surface area (Å²) in [5.41, 5.74) is 4.15. The number of carboxylic acid groups (broad SMARTS) is 1. The Morgan fingerprint density at radius 3 is 2.71 bits per heavy atom. The molecule has 0 saturated heterocycles. The first kappa shape index (κ1) is 9.06. The first-order chi connectivity index (χ1) is 6.61. The molecule has 1 heterocycles. The Morgan fingerprint density at radius 1 is 1.43 bits per heavy atom. The highest BCUT2D eigenvalue weighted by atomic mass is 16.4. The molecule has 0 fully saturated rings. The second-order valence-electron chi connectivity index (χ2n) is 3.76. The van der Waals surface area contributed by atoms with Crippen molar-refractivity contribution in [3.05, 3.63) is 28.8 Å². The van der Waals surface area contributed by atoms with Crippen LogP contribution in [0.15, 0.2) is 12.1 Å². The van der Waals surface area contributed by atoms with Crippen LogP contribution in [0, 0.1) is 13.8 Å². The van der Waals surface area contributed by atoms with Gasteiger partial charge in [-0.05, 0) is 30.5 Å². The highest BCUT2D eigenvalue weighted by Crippen LogP contribution is 2.36. The normalized spacial score (nSPS) is 18.9. The van der Waals surface area contributed by atoms with E-state index >= 15 is 0 Å².